The summed E-state index contributed by atoms with van der Waals surface area (Å²) < 4.78 is 0.892. The lowest BCUT2D eigenvalue weighted by Crippen LogP contribution is -2.43. The van der Waals surface area contributed by atoms with Crippen LogP contribution < -0.4 is 10.6 Å². The molecule has 2 N–H and O–H groups in total. The normalized spacial score (nSPS) is 11.8. The van der Waals surface area contributed by atoms with Crippen LogP contribution in [-0.4, -0.2) is 36.3 Å². The van der Waals surface area contributed by atoms with Gasteiger partial charge in [-0.25, -0.2) is 0 Å². The highest BCUT2D eigenvalue weighted by molar-refractivity contribution is 9.10. The van der Waals surface area contributed by atoms with Gasteiger partial charge in [0.1, 0.15) is 0 Å². The predicted molar refractivity (Wildman–Crippen MR) is 99.9 cm³/mol. The van der Waals surface area contributed by atoms with Gasteiger partial charge in [0.2, 0.25) is 11.8 Å². The molecule has 0 heterocycles. The molecule has 0 aliphatic carbocycles. The van der Waals surface area contributed by atoms with Crippen molar-refractivity contribution < 1.29 is 9.59 Å². The second-order valence-electron chi connectivity index (χ2n) is 5.50. The molecule has 0 saturated heterocycles. The molecule has 24 heavy (non-hydrogen) atoms. The van der Waals surface area contributed by atoms with Gasteiger partial charge < -0.3 is 10.6 Å². The van der Waals surface area contributed by atoms with E-state index in [0.717, 1.165) is 10.2 Å². The van der Waals surface area contributed by atoms with Gasteiger partial charge in [-0.15, -0.1) is 0 Å². The third-order valence-electron chi connectivity index (χ3n) is 3.58. The molecule has 2 rings (SSSR count). The predicted octanol–water partition coefficient (Wildman–Crippen LogP) is 3.35. The van der Waals surface area contributed by atoms with Crippen molar-refractivity contribution in [1.82, 2.24) is 4.90 Å². The number of hydrogen-bond donors (Lipinski definition) is 2. The number of nitrogens with one attached hydrogen (secondary N) is 2. The molecule has 5 nitrogen and oxygen atoms in total. The van der Waals surface area contributed by atoms with Crippen LogP contribution in [-0.2, 0) is 9.59 Å². The second-order valence-corrected chi connectivity index (χ2v) is 6.42. The number of rotatable bonds is 6. The summed E-state index contributed by atoms with van der Waals surface area (Å²) in [5.74, 6) is -0.325. The zero-order valence-electron chi connectivity index (χ0n) is 13.6. The summed E-state index contributed by atoms with van der Waals surface area (Å²) in [5.41, 5.74) is 1.45. The Hall–Kier alpha value is -2.18. The molecule has 0 aliphatic heterocycles. The van der Waals surface area contributed by atoms with Crippen LogP contribution >= 0.6 is 15.9 Å². The molecule has 1 atom stereocenters. The van der Waals surface area contributed by atoms with Gasteiger partial charge in [0.15, 0.2) is 0 Å². The van der Waals surface area contributed by atoms with Gasteiger partial charge in [-0.1, -0.05) is 40.2 Å². The van der Waals surface area contributed by atoms with Gasteiger partial charge >= 0.3 is 0 Å². The SMILES string of the molecule is CC(C(=O)Nc1cccc(Br)c1)N(C)CC(=O)Nc1ccccc1. The molecule has 0 bridgehead atoms. The standard InChI is InChI=1S/C18H20BrN3O2/c1-13(18(24)21-16-10-6-7-14(19)11-16)22(2)12-17(23)20-15-8-4-3-5-9-15/h3-11,13H,12H2,1-2H3,(H,20,23)(H,21,24). The van der Waals surface area contributed by atoms with Crippen molar-refractivity contribution in [3.05, 3.63) is 59.1 Å². The van der Waals surface area contributed by atoms with Gasteiger partial charge in [0.25, 0.3) is 0 Å². The number of likely N-dealkylation sites (N-methyl/N-ethyl adjacent to an activating group) is 1. The van der Waals surface area contributed by atoms with E-state index in [2.05, 4.69) is 26.6 Å². The van der Waals surface area contributed by atoms with Crippen LogP contribution in [0.2, 0.25) is 0 Å². The average Bonchev–Trinajstić information content (AvgIpc) is 2.54. The van der Waals surface area contributed by atoms with Crippen molar-refractivity contribution in [3.63, 3.8) is 0 Å². The Bertz CT molecular complexity index is 706. The summed E-state index contributed by atoms with van der Waals surface area (Å²) in [6.45, 7) is 1.89. The van der Waals surface area contributed by atoms with E-state index in [1.165, 1.54) is 0 Å². The van der Waals surface area contributed by atoms with E-state index in [0.29, 0.717) is 5.69 Å². The van der Waals surface area contributed by atoms with Crippen molar-refractivity contribution in [2.45, 2.75) is 13.0 Å². The first-order valence-electron chi connectivity index (χ1n) is 7.57. The van der Waals surface area contributed by atoms with Crippen LogP contribution in [0.5, 0.6) is 0 Å². The number of hydrogen-bond acceptors (Lipinski definition) is 3. The Balaban J connectivity index is 1.87. The highest BCUT2D eigenvalue weighted by Gasteiger charge is 2.20. The summed E-state index contributed by atoms with van der Waals surface area (Å²) in [6.07, 6.45) is 0. The molecular formula is C18H20BrN3O2. The van der Waals surface area contributed by atoms with Crippen molar-refractivity contribution in [2.24, 2.45) is 0 Å². The Morgan fingerprint density at radius 3 is 2.38 bits per heavy atom. The van der Waals surface area contributed by atoms with E-state index in [-0.39, 0.29) is 18.4 Å². The maximum atomic E-state index is 12.3. The number of amides is 2. The van der Waals surface area contributed by atoms with Crippen LogP contribution in [0.1, 0.15) is 6.92 Å². The van der Waals surface area contributed by atoms with Crippen LogP contribution in [0.4, 0.5) is 11.4 Å². The minimum absolute atomic E-state index is 0.127. The zero-order valence-corrected chi connectivity index (χ0v) is 15.2. The molecule has 2 amide bonds. The van der Waals surface area contributed by atoms with Crippen molar-refractivity contribution in [1.29, 1.82) is 0 Å². The minimum atomic E-state index is -0.439. The van der Waals surface area contributed by atoms with Crippen molar-refractivity contribution >= 4 is 39.1 Å². The molecule has 0 spiro atoms. The van der Waals surface area contributed by atoms with Gasteiger partial charge in [0.05, 0.1) is 12.6 Å². The number of halogens is 1. The Labute approximate surface area is 150 Å². The molecule has 0 aliphatic rings. The maximum Gasteiger partial charge on any atom is 0.241 e. The molecule has 2 aromatic rings. The van der Waals surface area contributed by atoms with E-state index in [1.54, 1.807) is 18.9 Å². The lowest BCUT2D eigenvalue weighted by atomic mass is 10.2. The maximum absolute atomic E-state index is 12.3. The van der Waals surface area contributed by atoms with E-state index in [9.17, 15) is 9.59 Å². The molecule has 0 fully saturated rings. The molecule has 2 aromatic carbocycles. The molecule has 126 valence electrons. The largest absolute Gasteiger partial charge is 0.325 e. The van der Waals surface area contributed by atoms with Crippen LogP contribution in [0.25, 0.3) is 0 Å². The van der Waals surface area contributed by atoms with Crippen molar-refractivity contribution in [2.75, 3.05) is 24.2 Å². The van der Waals surface area contributed by atoms with E-state index in [4.69, 9.17) is 0 Å². The lowest BCUT2D eigenvalue weighted by molar-refractivity contribution is -0.122. The van der Waals surface area contributed by atoms with E-state index >= 15 is 0 Å². The molecule has 0 radical (unpaired) electrons. The number of nitrogens with zero attached hydrogens (tertiary/aromatic N) is 1. The fourth-order valence-corrected chi connectivity index (χ4v) is 2.50. The highest BCUT2D eigenvalue weighted by atomic mass is 79.9. The molecule has 0 aromatic heterocycles. The number of anilines is 2. The summed E-state index contributed by atoms with van der Waals surface area (Å²) in [7, 11) is 1.75. The summed E-state index contributed by atoms with van der Waals surface area (Å²) >= 11 is 3.37. The third-order valence-corrected chi connectivity index (χ3v) is 4.08. The summed E-state index contributed by atoms with van der Waals surface area (Å²) in [5, 5.41) is 5.65. The van der Waals surface area contributed by atoms with Crippen molar-refractivity contribution in [3.8, 4) is 0 Å². The minimum Gasteiger partial charge on any atom is -0.325 e. The molecule has 0 saturated carbocycles. The topological polar surface area (TPSA) is 61.4 Å². The average molecular weight is 390 g/mol. The third kappa shape index (κ3) is 5.47. The monoisotopic (exact) mass is 389 g/mol. The Morgan fingerprint density at radius 2 is 1.71 bits per heavy atom. The number of benzene rings is 2. The van der Waals surface area contributed by atoms with E-state index in [1.807, 2.05) is 54.6 Å². The molecular weight excluding hydrogens is 370 g/mol. The molecule has 1 unspecified atom stereocenters. The first kappa shape index (κ1) is 18.2. The van der Waals surface area contributed by atoms with Crippen LogP contribution in [0, 0.1) is 0 Å². The number of carbonyl (C=O) groups excluding carboxylic acids is 2. The van der Waals surface area contributed by atoms with E-state index < -0.39 is 6.04 Å². The van der Waals surface area contributed by atoms with Crippen LogP contribution in [0.3, 0.4) is 0 Å². The summed E-state index contributed by atoms with van der Waals surface area (Å²) in [4.78, 5) is 26.1. The van der Waals surface area contributed by atoms with Crippen LogP contribution in [0.15, 0.2) is 59.1 Å². The fourth-order valence-electron chi connectivity index (χ4n) is 2.10. The highest BCUT2D eigenvalue weighted by Crippen LogP contribution is 2.16. The Kier molecular flexibility index (Phi) is 6.52. The molecule has 6 heteroatoms. The smallest absolute Gasteiger partial charge is 0.241 e. The van der Waals surface area contributed by atoms with Gasteiger partial charge in [0, 0.05) is 15.8 Å². The van der Waals surface area contributed by atoms with Gasteiger partial charge in [-0.05, 0) is 44.3 Å². The fraction of sp³-hybridized carbons (Fsp3) is 0.222. The number of para-hydroxylation sites is 1. The Morgan fingerprint density at radius 1 is 1.04 bits per heavy atom. The van der Waals surface area contributed by atoms with Gasteiger partial charge in [-0.3, -0.25) is 14.5 Å². The zero-order chi connectivity index (χ0) is 17.5. The number of carbonyl (C=O) groups is 2. The lowest BCUT2D eigenvalue weighted by Gasteiger charge is -2.23. The first-order valence-corrected chi connectivity index (χ1v) is 8.36. The quantitative estimate of drug-likeness (QED) is 0.796. The first-order chi connectivity index (χ1) is 11.5. The second kappa shape index (κ2) is 8.61. The summed E-state index contributed by atoms with van der Waals surface area (Å²) in [6, 6.07) is 16.2. The van der Waals surface area contributed by atoms with Gasteiger partial charge in [-0.2, -0.15) is 0 Å².